The minimum atomic E-state index is -1.65. The summed E-state index contributed by atoms with van der Waals surface area (Å²) in [5.74, 6) is -1.02. The van der Waals surface area contributed by atoms with Gasteiger partial charge in [-0.2, -0.15) is 0 Å². The summed E-state index contributed by atoms with van der Waals surface area (Å²) in [5, 5.41) is 27.2. The van der Waals surface area contributed by atoms with Crippen molar-refractivity contribution in [1.82, 2.24) is 14.9 Å². The lowest BCUT2D eigenvalue weighted by molar-refractivity contribution is 0.142. The predicted octanol–water partition coefficient (Wildman–Crippen LogP) is 3.19. The summed E-state index contributed by atoms with van der Waals surface area (Å²) in [4.78, 5) is 26.1. The van der Waals surface area contributed by atoms with Crippen LogP contribution in [0.4, 0.5) is 10.5 Å². The first-order valence-corrected chi connectivity index (χ1v) is 9.87. The number of anilines is 1. The number of halogens is 1. The molecule has 4 rings (SSSR count). The van der Waals surface area contributed by atoms with Gasteiger partial charge < -0.3 is 35.1 Å². The normalized spacial score (nSPS) is 12.7. The zero-order valence-corrected chi connectivity index (χ0v) is 18.1. The number of hydrogen-bond acceptors (Lipinski definition) is 6. The monoisotopic (exact) mass is 448 g/mol. The van der Waals surface area contributed by atoms with Crippen molar-refractivity contribution in [3.8, 4) is 22.8 Å². The van der Waals surface area contributed by atoms with E-state index in [-0.39, 0.29) is 12.4 Å². The van der Waals surface area contributed by atoms with E-state index in [1.807, 2.05) is 19.2 Å². The van der Waals surface area contributed by atoms with Gasteiger partial charge in [-0.1, -0.05) is 6.92 Å². The highest BCUT2D eigenvalue weighted by molar-refractivity contribution is 5.94. The number of H-pyrrole nitrogens is 1. The van der Waals surface area contributed by atoms with Crippen molar-refractivity contribution >= 4 is 35.2 Å². The van der Waals surface area contributed by atoms with Crippen LogP contribution in [0.2, 0.25) is 0 Å². The molecule has 1 aliphatic heterocycles. The van der Waals surface area contributed by atoms with Crippen molar-refractivity contribution in [1.29, 1.82) is 0 Å². The smallest absolute Gasteiger partial charge is 0.504 e. The first kappa shape index (κ1) is 22.5. The van der Waals surface area contributed by atoms with Crippen molar-refractivity contribution in [2.45, 2.75) is 26.3 Å². The first-order chi connectivity index (χ1) is 14.4. The van der Waals surface area contributed by atoms with Crippen molar-refractivity contribution in [2.75, 3.05) is 18.4 Å². The molecule has 3 aromatic rings. The topological polar surface area (TPSA) is 129 Å². The molecule has 0 aliphatic carbocycles. The summed E-state index contributed by atoms with van der Waals surface area (Å²) in [6.45, 7) is 4.33. The van der Waals surface area contributed by atoms with E-state index in [0.29, 0.717) is 30.6 Å². The summed E-state index contributed by atoms with van der Waals surface area (Å²) in [7, 11) is 2.02. The van der Waals surface area contributed by atoms with Gasteiger partial charge in [0.25, 0.3) is 5.56 Å². The highest BCUT2D eigenvalue weighted by Gasteiger charge is 2.24. The molecule has 2 aromatic heterocycles. The minimum Gasteiger partial charge on any atom is -0.504 e. The van der Waals surface area contributed by atoms with E-state index in [9.17, 15) is 14.7 Å². The van der Waals surface area contributed by atoms with Crippen LogP contribution < -0.4 is 20.9 Å². The van der Waals surface area contributed by atoms with Gasteiger partial charge in [-0.3, -0.25) is 4.79 Å². The Morgan fingerprint density at radius 3 is 2.81 bits per heavy atom. The quantitative estimate of drug-likeness (QED) is 0.387. The molecule has 0 spiro atoms. The lowest BCUT2D eigenvalue weighted by Gasteiger charge is -2.20. The van der Waals surface area contributed by atoms with Crippen LogP contribution in [-0.2, 0) is 20.0 Å². The largest absolute Gasteiger partial charge is 0.511 e. The highest BCUT2D eigenvalue weighted by atomic mass is 35.5. The third-order valence-electron chi connectivity index (χ3n) is 5.46. The lowest BCUT2D eigenvalue weighted by Crippen LogP contribution is -2.19. The molecule has 3 heterocycles. The number of carbonyl (C=O) groups is 1. The van der Waals surface area contributed by atoms with Crippen LogP contribution in [0.5, 0.6) is 11.5 Å². The minimum absolute atomic E-state index is 0. The molecule has 166 valence electrons. The molecule has 0 fully saturated rings. The van der Waals surface area contributed by atoms with Crippen LogP contribution in [0, 0.1) is 0 Å². The van der Waals surface area contributed by atoms with Crippen molar-refractivity contribution in [3.05, 3.63) is 39.8 Å². The number of pyridine rings is 1. The number of nitrogens with zero attached hydrogens (tertiary/aromatic N) is 1. The van der Waals surface area contributed by atoms with Crippen LogP contribution in [0.1, 0.15) is 24.6 Å². The summed E-state index contributed by atoms with van der Waals surface area (Å²) in [6, 6.07) is 6.10. The Balaban J connectivity index is 0.00000272. The van der Waals surface area contributed by atoms with E-state index in [4.69, 9.17) is 5.11 Å². The molecule has 0 amide bonds. The number of aryl methyl sites for hydroxylation is 1. The van der Waals surface area contributed by atoms with Gasteiger partial charge in [-0.05, 0) is 37.6 Å². The summed E-state index contributed by atoms with van der Waals surface area (Å²) in [6.07, 6.45) is -0.503. The van der Waals surface area contributed by atoms with E-state index >= 15 is 0 Å². The second-order valence-corrected chi connectivity index (χ2v) is 7.32. The molecule has 0 atom stereocenters. The Hall–Kier alpha value is -3.17. The summed E-state index contributed by atoms with van der Waals surface area (Å²) >= 11 is 0. The van der Waals surface area contributed by atoms with Crippen molar-refractivity contribution < 1.29 is 19.7 Å². The number of hydrogen-bond donors (Lipinski definition) is 5. The number of benzene rings is 1. The van der Waals surface area contributed by atoms with Gasteiger partial charge in [0.2, 0.25) is 5.75 Å². The fourth-order valence-electron chi connectivity index (χ4n) is 3.97. The number of ether oxygens (including phenoxy) is 1. The maximum absolute atomic E-state index is 12.5. The molecular weight excluding hydrogens is 424 g/mol. The highest BCUT2D eigenvalue weighted by Crippen LogP contribution is 2.40. The lowest BCUT2D eigenvalue weighted by atomic mass is 9.96. The molecule has 31 heavy (non-hydrogen) atoms. The maximum Gasteiger partial charge on any atom is 0.511 e. The molecule has 9 nitrogen and oxygen atoms in total. The number of aromatic nitrogens is 2. The number of aromatic amines is 1. The van der Waals surface area contributed by atoms with Crippen molar-refractivity contribution in [2.24, 2.45) is 7.05 Å². The Morgan fingerprint density at radius 2 is 2.10 bits per heavy atom. The number of nitrogens with one attached hydrogen (secondary N) is 3. The van der Waals surface area contributed by atoms with Gasteiger partial charge >= 0.3 is 6.16 Å². The number of rotatable bonds is 4. The molecule has 0 radical (unpaired) electrons. The molecule has 0 saturated carbocycles. The fourth-order valence-corrected chi connectivity index (χ4v) is 3.97. The predicted molar refractivity (Wildman–Crippen MR) is 121 cm³/mol. The summed E-state index contributed by atoms with van der Waals surface area (Å²) in [5.41, 5.74) is 3.91. The van der Waals surface area contributed by atoms with Gasteiger partial charge in [0, 0.05) is 48.0 Å². The second kappa shape index (κ2) is 8.91. The fraction of sp³-hybridized carbons (Fsp3) is 0.333. The SMILES string of the molecule is CCNCc1cc2cc3c(cc2n1C)NCCCc1c-3[nH]c(=O)c(OC(=O)O)c1O.Cl. The average Bonchev–Trinajstić information content (AvgIpc) is 3.00. The molecule has 0 saturated heterocycles. The molecule has 0 unspecified atom stereocenters. The zero-order chi connectivity index (χ0) is 21.4. The van der Waals surface area contributed by atoms with E-state index < -0.39 is 23.2 Å². The Labute approximate surface area is 184 Å². The van der Waals surface area contributed by atoms with Crippen LogP contribution in [0.25, 0.3) is 22.2 Å². The van der Waals surface area contributed by atoms with Crippen LogP contribution in [0.3, 0.4) is 0 Å². The van der Waals surface area contributed by atoms with Crippen LogP contribution in [0.15, 0.2) is 23.0 Å². The van der Waals surface area contributed by atoms with Gasteiger partial charge in [-0.25, -0.2) is 4.79 Å². The third-order valence-corrected chi connectivity index (χ3v) is 5.46. The number of carboxylic acid groups (broad SMARTS) is 1. The van der Waals surface area contributed by atoms with Crippen LogP contribution in [-0.4, -0.2) is 39.0 Å². The molecule has 0 bridgehead atoms. The standard InChI is InChI=1S/C21H24N4O5.ClH/c1-3-22-10-12-7-11-8-14-15(9-16(11)25(12)2)23-6-4-5-13-17(14)24-20(27)19(18(13)26)30-21(28)29;/h7-9,22-23H,3-6,10H2,1-2H3,(H,28,29)(H2,24,26,27);1H. The van der Waals surface area contributed by atoms with Crippen LogP contribution >= 0.6 is 12.4 Å². The Bertz CT molecular complexity index is 1200. The zero-order valence-electron chi connectivity index (χ0n) is 17.2. The molecule has 1 aromatic carbocycles. The average molecular weight is 449 g/mol. The Morgan fingerprint density at radius 1 is 1.32 bits per heavy atom. The summed E-state index contributed by atoms with van der Waals surface area (Å²) < 4.78 is 6.65. The van der Waals surface area contributed by atoms with E-state index in [2.05, 4.69) is 37.9 Å². The molecule has 10 heteroatoms. The number of aromatic hydroxyl groups is 1. The van der Waals surface area contributed by atoms with E-state index in [0.717, 1.165) is 40.9 Å². The van der Waals surface area contributed by atoms with Gasteiger partial charge in [-0.15, -0.1) is 12.4 Å². The molecule has 5 N–H and O–H groups in total. The first-order valence-electron chi connectivity index (χ1n) is 9.87. The molecule has 1 aliphatic rings. The second-order valence-electron chi connectivity index (χ2n) is 7.32. The van der Waals surface area contributed by atoms with E-state index in [1.54, 1.807) is 0 Å². The van der Waals surface area contributed by atoms with Crippen molar-refractivity contribution in [3.63, 3.8) is 0 Å². The van der Waals surface area contributed by atoms with Gasteiger partial charge in [0.15, 0.2) is 5.75 Å². The van der Waals surface area contributed by atoms with Gasteiger partial charge in [0.05, 0.1) is 11.2 Å². The Kier molecular flexibility index (Phi) is 6.47. The third kappa shape index (κ3) is 4.06. The van der Waals surface area contributed by atoms with Gasteiger partial charge in [0.1, 0.15) is 0 Å². The van der Waals surface area contributed by atoms with E-state index in [1.165, 1.54) is 0 Å². The number of fused-ring (bicyclic) bond motifs is 4. The maximum atomic E-state index is 12.5. The molecular formula is C21H25ClN4O5.